The van der Waals surface area contributed by atoms with Crippen LogP contribution < -0.4 is 11.1 Å². The van der Waals surface area contributed by atoms with Crippen molar-refractivity contribution in [3.63, 3.8) is 0 Å². The van der Waals surface area contributed by atoms with Crippen LogP contribution in [0.15, 0.2) is 4.99 Å². The molecular weight excluding hydrogens is 383 g/mol. The number of aliphatic imine (C=N–C) groups is 1. The van der Waals surface area contributed by atoms with Gasteiger partial charge in [-0.3, -0.25) is 9.89 Å². The number of halogens is 1. The van der Waals surface area contributed by atoms with E-state index in [0.29, 0.717) is 12.0 Å². The monoisotopic (exact) mass is 414 g/mol. The zero-order valence-corrected chi connectivity index (χ0v) is 15.7. The quantitative estimate of drug-likeness (QED) is 0.242. The van der Waals surface area contributed by atoms with Gasteiger partial charge in [-0.15, -0.1) is 24.0 Å². The van der Waals surface area contributed by atoms with Gasteiger partial charge in [0.25, 0.3) is 0 Å². The Morgan fingerprint density at radius 1 is 1.43 bits per heavy atom. The highest BCUT2D eigenvalue weighted by Gasteiger charge is 2.23. The van der Waals surface area contributed by atoms with E-state index in [2.05, 4.69) is 15.2 Å². The van der Waals surface area contributed by atoms with Crippen molar-refractivity contribution in [1.82, 2.24) is 10.2 Å². The first-order chi connectivity index (χ1) is 9.77. The number of hydrogen-bond donors (Lipinski definition) is 2. The maximum Gasteiger partial charge on any atom is 0.188 e. The number of guanidine groups is 1. The first kappa shape index (κ1) is 20.9. The summed E-state index contributed by atoms with van der Waals surface area (Å²) in [4.78, 5) is 6.88. The van der Waals surface area contributed by atoms with Crippen molar-refractivity contribution in [3.05, 3.63) is 0 Å². The van der Waals surface area contributed by atoms with Crippen molar-refractivity contribution in [1.29, 1.82) is 0 Å². The molecule has 6 nitrogen and oxygen atoms in total. The van der Waals surface area contributed by atoms with Crippen LogP contribution in [-0.2, 0) is 9.47 Å². The van der Waals surface area contributed by atoms with Gasteiger partial charge >= 0.3 is 0 Å². The normalized spacial score (nSPS) is 19.5. The Bertz CT molecular complexity index is 280. The van der Waals surface area contributed by atoms with Gasteiger partial charge in [0.05, 0.1) is 13.2 Å². The minimum atomic E-state index is 0. The molecule has 1 unspecified atom stereocenters. The van der Waals surface area contributed by atoms with Gasteiger partial charge in [0.2, 0.25) is 0 Å². The van der Waals surface area contributed by atoms with Gasteiger partial charge in [-0.1, -0.05) is 0 Å². The average molecular weight is 414 g/mol. The molecule has 0 aromatic heterocycles. The number of hydrogen-bond acceptors (Lipinski definition) is 4. The van der Waals surface area contributed by atoms with E-state index in [-0.39, 0.29) is 24.0 Å². The Kier molecular flexibility index (Phi) is 13.5. The molecule has 1 aliphatic heterocycles. The Morgan fingerprint density at radius 3 is 2.95 bits per heavy atom. The second-order valence-electron chi connectivity index (χ2n) is 5.03. The standard InChI is InChI=1S/C14H30N4O2.HI/c1-3-20-10-5-7-16-14(15)17-12-13-6-4-8-18(13)9-11-19-2;/h13H,3-12H2,1-2H3,(H3,15,16,17);1H. The summed E-state index contributed by atoms with van der Waals surface area (Å²) >= 11 is 0. The van der Waals surface area contributed by atoms with Crippen LogP contribution in [0.3, 0.4) is 0 Å². The summed E-state index contributed by atoms with van der Waals surface area (Å²) in [5.74, 6) is 0.542. The lowest BCUT2D eigenvalue weighted by atomic mass is 10.2. The van der Waals surface area contributed by atoms with Crippen LogP contribution in [0.5, 0.6) is 0 Å². The molecule has 1 saturated heterocycles. The van der Waals surface area contributed by atoms with Gasteiger partial charge in [-0.05, 0) is 32.7 Å². The number of nitrogens with two attached hydrogens (primary N) is 1. The van der Waals surface area contributed by atoms with Crippen LogP contribution in [0.4, 0.5) is 0 Å². The highest BCUT2D eigenvalue weighted by Crippen LogP contribution is 2.16. The average Bonchev–Trinajstić information content (AvgIpc) is 2.90. The molecule has 0 aromatic rings. The molecule has 0 saturated carbocycles. The Hall–Kier alpha value is -0.120. The van der Waals surface area contributed by atoms with E-state index < -0.39 is 0 Å². The van der Waals surface area contributed by atoms with Gasteiger partial charge in [-0.25, -0.2) is 0 Å². The number of rotatable bonds is 10. The van der Waals surface area contributed by atoms with Crippen molar-refractivity contribution in [3.8, 4) is 0 Å². The fourth-order valence-corrected chi connectivity index (χ4v) is 2.40. The third-order valence-electron chi connectivity index (χ3n) is 3.53. The van der Waals surface area contributed by atoms with Crippen molar-refractivity contribution < 1.29 is 9.47 Å². The Balaban J connectivity index is 0.00000400. The van der Waals surface area contributed by atoms with Crippen molar-refractivity contribution in [2.75, 3.05) is 53.1 Å². The second-order valence-corrected chi connectivity index (χ2v) is 5.03. The molecule has 1 rings (SSSR count). The van der Waals surface area contributed by atoms with Crippen LogP contribution in [0.2, 0.25) is 0 Å². The molecule has 0 bridgehead atoms. The van der Waals surface area contributed by atoms with E-state index in [1.807, 2.05) is 6.92 Å². The van der Waals surface area contributed by atoms with Crippen molar-refractivity contribution in [2.24, 2.45) is 10.7 Å². The molecule has 1 aliphatic rings. The maximum atomic E-state index is 5.87. The second kappa shape index (κ2) is 13.5. The molecule has 1 fully saturated rings. The fourth-order valence-electron chi connectivity index (χ4n) is 2.40. The molecule has 0 aliphatic carbocycles. The maximum absolute atomic E-state index is 5.87. The molecule has 21 heavy (non-hydrogen) atoms. The molecule has 3 N–H and O–H groups in total. The fraction of sp³-hybridized carbons (Fsp3) is 0.929. The number of nitrogens with zero attached hydrogens (tertiary/aromatic N) is 2. The highest BCUT2D eigenvalue weighted by atomic mass is 127. The highest BCUT2D eigenvalue weighted by molar-refractivity contribution is 14.0. The van der Waals surface area contributed by atoms with Crippen molar-refractivity contribution in [2.45, 2.75) is 32.2 Å². The van der Waals surface area contributed by atoms with Gasteiger partial charge in [0, 0.05) is 39.5 Å². The first-order valence-electron chi connectivity index (χ1n) is 7.62. The summed E-state index contributed by atoms with van der Waals surface area (Å²) in [7, 11) is 1.74. The molecular formula is C14H31IN4O2. The third-order valence-corrected chi connectivity index (χ3v) is 3.53. The summed E-state index contributed by atoms with van der Waals surface area (Å²) in [6.45, 7) is 8.03. The van der Waals surface area contributed by atoms with E-state index in [1.165, 1.54) is 12.8 Å². The lowest BCUT2D eigenvalue weighted by molar-refractivity contribution is 0.142. The van der Waals surface area contributed by atoms with E-state index in [1.54, 1.807) is 7.11 Å². The number of ether oxygens (including phenoxy) is 2. The third kappa shape index (κ3) is 9.49. The zero-order chi connectivity index (χ0) is 14.6. The van der Waals surface area contributed by atoms with E-state index in [4.69, 9.17) is 15.2 Å². The lowest BCUT2D eigenvalue weighted by Gasteiger charge is -2.22. The Morgan fingerprint density at radius 2 is 2.24 bits per heavy atom. The molecule has 1 atom stereocenters. The summed E-state index contributed by atoms with van der Waals surface area (Å²) in [5, 5.41) is 3.13. The molecule has 126 valence electrons. The largest absolute Gasteiger partial charge is 0.383 e. The summed E-state index contributed by atoms with van der Waals surface area (Å²) < 4.78 is 10.4. The molecule has 7 heteroatoms. The van der Waals surface area contributed by atoms with Gasteiger partial charge in [0.1, 0.15) is 0 Å². The number of methoxy groups -OCH3 is 1. The van der Waals surface area contributed by atoms with Crippen LogP contribution in [0.1, 0.15) is 26.2 Å². The minimum Gasteiger partial charge on any atom is -0.383 e. The number of nitrogens with one attached hydrogen (secondary N) is 1. The van der Waals surface area contributed by atoms with Gasteiger partial charge < -0.3 is 20.5 Å². The molecule has 1 heterocycles. The van der Waals surface area contributed by atoms with Crippen LogP contribution in [0.25, 0.3) is 0 Å². The minimum absolute atomic E-state index is 0. The van der Waals surface area contributed by atoms with E-state index >= 15 is 0 Å². The van der Waals surface area contributed by atoms with Gasteiger partial charge in [0.15, 0.2) is 5.96 Å². The lowest BCUT2D eigenvalue weighted by Crippen LogP contribution is -2.37. The molecule has 0 radical (unpaired) electrons. The Labute approximate surface area is 145 Å². The van der Waals surface area contributed by atoms with Gasteiger partial charge in [-0.2, -0.15) is 0 Å². The SMILES string of the molecule is CCOCCCNC(N)=NCC1CCCN1CCOC.I. The number of likely N-dealkylation sites (tertiary alicyclic amines) is 1. The van der Waals surface area contributed by atoms with Crippen LogP contribution in [0, 0.1) is 0 Å². The zero-order valence-electron chi connectivity index (χ0n) is 13.3. The first-order valence-corrected chi connectivity index (χ1v) is 7.62. The van der Waals surface area contributed by atoms with E-state index in [9.17, 15) is 0 Å². The van der Waals surface area contributed by atoms with E-state index in [0.717, 1.165) is 52.4 Å². The molecule has 0 aromatic carbocycles. The molecule has 0 amide bonds. The van der Waals surface area contributed by atoms with Crippen LogP contribution in [-0.4, -0.2) is 70.0 Å². The molecule has 0 spiro atoms. The van der Waals surface area contributed by atoms with Crippen molar-refractivity contribution >= 4 is 29.9 Å². The summed E-state index contributed by atoms with van der Waals surface area (Å²) in [6, 6.07) is 0.508. The van der Waals surface area contributed by atoms with Crippen LogP contribution >= 0.6 is 24.0 Å². The summed E-state index contributed by atoms with van der Waals surface area (Å²) in [6.07, 6.45) is 3.39. The predicted octanol–water partition coefficient (Wildman–Crippen LogP) is 1.05. The summed E-state index contributed by atoms with van der Waals surface area (Å²) in [5.41, 5.74) is 5.87. The smallest absolute Gasteiger partial charge is 0.188 e. The topological polar surface area (TPSA) is 72.1 Å². The predicted molar refractivity (Wildman–Crippen MR) is 97.5 cm³/mol.